The summed E-state index contributed by atoms with van der Waals surface area (Å²) in [5.74, 6) is -1.47. The lowest BCUT2D eigenvalue weighted by atomic mass is 10.0. The van der Waals surface area contributed by atoms with E-state index in [2.05, 4.69) is 5.32 Å². The molecule has 5 rings (SSSR count). The highest BCUT2D eigenvalue weighted by Gasteiger charge is 2.36. The van der Waals surface area contributed by atoms with Gasteiger partial charge in [0.15, 0.2) is 0 Å². The second-order valence-electron chi connectivity index (χ2n) is 10.0. The fraction of sp³-hybridized carbons (Fsp3) is 0.242. The largest absolute Gasteiger partial charge is 0.354 e. The fourth-order valence-electron chi connectivity index (χ4n) is 5.23. The normalized spacial score (nSPS) is 12.9. The van der Waals surface area contributed by atoms with Crippen molar-refractivity contribution in [3.05, 3.63) is 114 Å². The zero-order valence-electron chi connectivity index (χ0n) is 22.5. The molecular formula is C33H32FN3O3. The van der Waals surface area contributed by atoms with Crippen LogP contribution in [0.2, 0.25) is 0 Å². The molecule has 1 N–H and O–H groups in total. The van der Waals surface area contributed by atoms with Gasteiger partial charge in [-0.1, -0.05) is 86.1 Å². The third kappa shape index (κ3) is 5.59. The summed E-state index contributed by atoms with van der Waals surface area (Å²) in [7, 11) is 0. The van der Waals surface area contributed by atoms with Gasteiger partial charge in [-0.05, 0) is 35.6 Å². The quantitative estimate of drug-likeness (QED) is 0.257. The van der Waals surface area contributed by atoms with Crippen LogP contribution in [0.15, 0.2) is 91.0 Å². The molecule has 0 fully saturated rings. The number of amides is 3. The fourth-order valence-corrected chi connectivity index (χ4v) is 5.23. The maximum absolute atomic E-state index is 14.8. The summed E-state index contributed by atoms with van der Waals surface area (Å²) < 4.78 is 14.8. The lowest BCUT2D eigenvalue weighted by molar-refractivity contribution is -0.140. The van der Waals surface area contributed by atoms with Gasteiger partial charge in [0, 0.05) is 36.0 Å². The van der Waals surface area contributed by atoms with Crippen LogP contribution in [0, 0.1) is 5.82 Å². The minimum atomic E-state index is -0.901. The van der Waals surface area contributed by atoms with Gasteiger partial charge in [-0.25, -0.2) is 4.39 Å². The van der Waals surface area contributed by atoms with Gasteiger partial charge in [-0.3, -0.25) is 19.3 Å². The smallest absolute Gasteiger partial charge is 0.259 e. The Morgan fingerprint density at radius 2 is 1.65 bits per heavy atom. The maximum Gasteiger partial charge on any atom is 0.259 e. The second-order valence-corrected chi connectivity index (χ2v) is 10.0. The number of nitrogens with one attached hydrogen (secondary N) is 1. The highest BCUT2D eigenvalue weighted by Crippen LogP contribution is 2.37. The SMILES string of the molecule is CCCCNC(=O)[C@@H](Cc1ccccc1)N(Cc1ccccc1F)C(=O)CN1C(=O)c2cccc3cccc1c23. The van der Waals surface area contributed by atoms with E-state index in [0.717, 1.165) is 29.2 Å². The third-order valence-corrected chi connectivity index (χ3v) is 7.34. The van der Waals surface area contributed by atoms with Crippen molar-refractivity contribution in [1.29, 1.82) is 0 Å². The van der Waals surface area contributed by atoms with E-state index in [1.165, 1.54) is 15.9 Å². The Balaban J connectivity index is 1.50. The molecule has 0 unspecified atom stereocenters. The second kappa shape index (κ2) is 12.1. The van der Waals surface area contributed by atoms with Crippen molar-refractivity contribution in [3.63, 3.8) is 0 Å². The van der Waals surface area contributed by atoms with Crippen LogP contribution in [0.3, 0.4) is 0 Å². The number of carbonyl (C=O) groups excluding carboxylic acids is 3. The predicted molar refractivity (Wildman–Crippen MR) is 154 cm³/mol. The number of benzene rings is 4. The Hall–Kier alpha value is -4.52. The molecule has 1 aliphatic heterocycles. The average molecular weight is 538 g/mol. The van der Waals surface area contributed by atoms with Crippen LogP contribution < -0.4 is 10.2 Å². The molecule has 4 aromatic rings. The Labute approximate surface area is 233 Å². The zero-order chi connectivity index (χ0) is 28.1. The van der Waals surface area contributed by atoms with E-state index in [1.54, 1.807) is 24.3 Å². The minimum absolute atomic E-state index is 0.108. The minimum Gasteiger partial charge on any atom is -0.354 e. The first kappa shape index (κ1) is 27.1. The van der Waals surface area contributed by atoms with Gasteiger partial charge in [0.1, 0.15) is 18.4 Å². The summed E-state index contributed by atoms with van der Waals surface area (Å²) in [5.41, 5.74) is 2.37. The Morgan fingerprint density at radius 3 is 2.40 bits per heavy atom. The van der Waals surface area contributed by atoms with Crippen LogP contribution in [-0.2, 0) is 22.6 Å². The number of hydrogen-bond acceptors (Lipinski definition) is 3. The van der Waals surface area contributed by atoms with Gasteiger partial charge in [0.05, 0.1) is 5.69 Å². The zero-order valence-corrected chi connectivity index (χ0v) is 22.5. The first-order valence-corrected chi connectivity index (χ1v) is 13.7. The summed E-state index contributed by atoms with van der Waals surface area (Å²) >= 11 is 0. The van der Waals surface area contributed by atoms with E-state index in [4.69, 9.17) is 0 Å². The first-order chi connectivity index (χ1) is 19.5. The molecule has 0 aliphatic carbocycles. The number of carbonyl (C=O) groups is 3. The van der Waals surface area contributed by atoms with Crippen molar-refractivity contribution in [2.24, 2.45) is 0 Å². The van der Waals surface area contributed by atoms with Crippen molar-refractivity contribution in [3.8, 4) is 0 Å². The van der Waals surface area contributed by atoms with Crippen molar-refractivity contribution in [2.75, 3.05) is 18.0 Å². The number of unbranched alkanes of at least 4 members (excludes halogenated alkanes) is 1. The molecule has 204 valence electrons. The number of halogens is 1. The van der Waals surface area contributed by atoms with E-state index in [-0.39, 0.29) is 31.3 Å². The van der Waals surface area contributed by atoms with Crippen LogP contribution in [0.25, 0.3) is 10.8 Å². The summed E-state index contributed by atoms with van der Waals surface area (Å²) in [5, 5.41) is 4.69. The van der Waals surface area contributed by atoms with Gasteiger partial charge >= 0.3 is 0 Å². The van der Waals surface area contributed by atoms with Gasteiger partial charge in [-0.15, -0.1) is 0 Å². The lowest BCUT2D eigenvalue weighted by Gasteiger charge is -2.33. The molecule has 0 spiro atoms. The van der Waals surface area contributed by atoms with Crippen LogP contribution >= 0.6 is 0 Å². The number of nitrogens with zero attached hydrogens (tertiary/aromatic N) is 2. The highest BCUT2D eigenvalue weighted by atomic mass is 19.1. The highest BCUT2D eigenvalue weighted by molar-refractivity contribution is 6.26. The molecule has 1 aliphatic rings. The molecular weight excluding hydrogens is 505 g/mol. The van der Waals surface area contributed by atoms with Crippen molar-refractivity contribution < 1.29 is 18.8 Å². The van der Waals surface area contributed by atoms with E-state index >= 15 is 0 Å². The molecule has 0 aromatic heterocycles. The van der Waals surface area contributed by atoms with Gasteiger partial charge in [0.25, 0.3) is 5.91 Å². The van der Waals surface area contributed by atoms with Crippen LogP contribution in [0.4, 0.5) is 10.1 Å². The van der Waals surface area contributed by atoms with Gasteiger partial charge in [-0.2, -0.15) is 0 Å². The molecule has 0 bridgehead atoms. The molecule has 4 aromatic carbocycles. The van der Waals surface area contributed by atoms with Crippen LogP contribution in [-0.4, -0.2) is 41.8 Å². The maximum atomic E-state index is 14.8. The summed E-state index contributed by atoms with van der Waals surface area (Å²) in [6.45, 7) is 2.13. The van der Waals surface area contributed by atoms with Crippen molar-refractivity contribution in [1.82, 2.24) is 10.2 Å². The predicted octanol–water partition coefficient (Wildman–Crippen LogP) is 5.50. The Bertz CT molecular complexity index is 1530. The molecule has 40 heavy (non-hydrogen) atoms. The van der Waals surface area contributed by atoms with E-state index in [0.29, 0.717) is 23.4 Å². The van der Waals surface area contributed by atoms with E-state index in [9.17, 15) is 18.8 Å². The summed E-state index contributed by atoms with van der Waals surface area (Å²) in [6.07, 6.45) is 1.96. The molecule has 1 atom stereocenters. The van der Waals surface area contributed by atoms with E-state index in [1.807, 2.05) is 67.6 Å². The summed E-state index contributed by atoms with van der Waals surface area (Å²) in [6, 6.07) is 25.9. The molecule has 7 heteroatoms. The number of anilines is 1. The molecule has 0 saturated heterocycles. The Kier molecular flexibility index (Phi) is 8.20. The van der Waals surface area contributed by atoms with Crippen molar-refractivity contribution in [2.45, 2.75) is 38.8 Å². The van der Waals surface area contributed by atoms with Gasteiger partial charge in [0.2, 0.25) is 11.8 Å². The molecule has 0 radical (unpaired) electrons. The Morgan fingerprint density at radius 1 is 0.925 bits per heavy atom. The average Bonchev–Trinajstić information content (AvgIpc) is 3.24. The van der Waals surface area contributed by atoms with Crippen LogP contribution in [0.5, 0.6) is 0 Å². The molecule has 0 saturated carbocycles. The number of rotatable bonds is 11. The third-order valence-electron chi connectivity index (χ3n) is 7.34. The lowest BCUT2D eigenvalue weighted by Crippen LogP contribution is -2.53. The first-order valence-electron chi connectivity index (χ1n) is 13.7. The van der Waals surface area contributed by atoms with Gasteiger partial charge < -0.3 is 10.2 Å². The molecule has 3 amide bonds. The number of hydrogen-bond donors (Lipinski definition) is 1. The van der Waals surface area contributed by atoms with Crippen molar-refractivity contribution >= 4 is 34.2 Å². The summed E-state index contributed by atoms with van der Waals surface area (Å²) in [4.78, 5) is 44.0. The van der Waals surface area contributed by atoms with Crippen LogP contribution in [0.1, 0.15) is 41.3 Å². The molecule has 1 heterocycles. The molecule has 6 nitrogen and oxygen atoms in total. The monoisotopic (exact) mass is 537 g/mol. The standard InChI is InChI=1S/C33H32FN3O3/c1-2-3-19-35-32(39)29(20-23-11-5-4-6-12-23)36(21-25-13-7-8-17-27(25)34)30(38)22-37-28-18-10-15-24-14-9-16-26(31(24)28)33(37)40/h4-18,29H,2-3,19-22H2,1H3,(H,35,39)/t29-/m1/s1. The van der Waals surface area contributed by atoms with E-state index < -0.39 is 17.8 Å². The topological polar surface area (TPSA) is 69.7 Å².